The van der Waals surface area contributed by atoms with Crippen molar-refractivity contribution in [2.75, 3.05) is 11.9 Å². The van der Waals surface area contributed by atoms with Gasteiger partial charge in [-0.1, -0.05) is 30.3 Å². The van der Waals surface area contributed by atoms with E-state index in [-0.39, 0.29) is 23.6 Å². The molecule has 1 unspecified atom stereocenters. The van der Waals surface area contributed by atoms with E-state index >= 15 is 0 Å². The number of hydrogen-bond acceptors (Lipinski definition) is 4. The first-order valence-electron chi connectivity index (χ1n) is 10.2. The molecule has 5 rings (SSSR count). The number of nitrogens with zero attached hydrogens (tertiary/aromatic N) is 2. The number of anilines is 1. The van der Waals surface area contributed by atoms with Crippen molar-refractivity contribution in [1.29, 1.82) is 0 Å². The Balaban J connectivity index is 1.61. The number of benzene rings is 3. The van der Waals surface area contributed by atoms with Gasteiger partial charge in [-0.2, -0.15) is 0 Å². The van der Waals surface area contributed by atoms with Crippen LogP contribution in [0.5, 0.6) is 0 Å². The SMILES string of the molecule is O=c1[nH]c(NCC(O)c2ccccc2)c(-c2cc(F)cc(F)c2)n1-c1ccc2nc[nH]c2c1. The van der Waals surface area contributed by atoms with Gasteiger partial charge in [0.1, 0.15) is 17.5 Å². The number of nitrogens with one attached hydrogen (secondary N) is 3. The number of halogens is 2. The summed E-state index contributed by atoms with van der Waals surface area (Å²) in [6.45, 7) is 0.0638. The molecule has 0 aliphatic heterocycles. The lowest BCUT2D eigenvalue weighted by atomic mass is 10.1. The molecule has 0 radical (unpaired) electrons. The molecule has 0 spiro atoms. The number of aromatic amines is 2. The predicted molar refractivity (Wildman–Crippen MR) is 121 cm³/mol. The Hall–Kier alpha value is -4.24. The third-order valence-electron chi connectivity index (χ3n) is 5.35. The molecule has 0 amide bonds. The molecule has 33 heavy (non-hydrogen) atoms. The highest BCUT2D eigenvalue weighted by atomic mass is 19.1. The molecule has 2 aromatic heterocycles. The van der Waals surface area contributed by atoms with Crippen LogP contribution in [-0.2, 0) is 0 Å². The Morgan fingerprint density at radius 3 is 2.55 bits per heavy atom. The maximum atomic E-state index is 14.1. The van der Waals surface area contributed by atoms with Gasteiger partial charge in [0.25, 0.3) is 0 Å². The van der Waals surface area contributed by atoms with Gasteiger partial charge in [-0.25, -0.2) is 18.6 Å². The summed E-state index contributed by atoms with van der Waals surface area (Å²) in [6, 6.07) is 17.2. The van der Waals surface area contributed by atoms with Crippen molar-refractivity contribution < 1.29 is 13.9 Å². The average Bonchev–Trinajstić information content (AvgIpc) is 3.40. The Kier molecular flexibility index (Phi) is 5.23. The lowest BCUT2D eigenvalue weighted by molar-refractivity contribution is 0.191. The highest BCUT2D eigenvalue weighted by molar-refractivity contribution is 5.79. The molecule has 0 saturated carbocycles. The van der Waals surface area contributed by atoms with Gasteiger partial charge >= 0.3 is 5.69 Å². The number of imidazole rings is 2. The summed E-state index contributed by atoms with van der Waals surface area (Å²) in [6.07, 6.45) is 0.672. The van der Waals surface area contributed by atoms with E-state index in [2.05, 4.69) is 20.3 Å². The quantitative estimate of drug-likeness (QED) is 0.315. The molecular weight excluding hydrogens is 428 g/mol. The van der Waals surface area contributed by atoms with Crippen molar-refractivity contribution in [3.63, 3.8) is 0 Å². The summed E-state index contributed by atoms with van der Waals surface area (Å²) in [5, 5.41) is 13.5. The van der Waals surface area contributed by atoms with E-state index in [0.717, 1.165) is 18.2 Å². The molecule has 166 valence electrons. The molecule has 4 N–H and O–H groups in total. The summed E-state index contributed by atoms with van der Waals surface area (Å²) in [4.78, 5) is 22.9. The maximum absolute atomic E-state index is 14.1. The first-order chi connectivity index (χ1) is 16.0. The normalized spacial score (nSPS) is 12.2. The molecule has 0 aliphatic carbocycles. The van der Waals surface area contributed by atoms with Crippen LogP contribution in [0.3, 0.4) is 0 Å². The largest absolute Gasteiger partial charge is 0.387 e. The van der Waals surface area contributed by atoms with Gasteiger partial charge < -0.3 is 15.4 Å². The summed E-state index contributed by atoms with van der Waals surface area (Å²) in [5.41, 5.74) is 2.46. The second-order valence-corrected chi connectivity index (χ2v) is 7.56. The number of hydrogen-bond donors (Lipinski definition) is 4. The third-order valence-corrected chi connectivity index (χ3v) is 5.35. The molecule has 2 heterocycles. The second kappa shape index (κ2) is 8.36. The van der Waals surface area contributed by atoms with E-state index in [1.165, 1.54) is 10.9 Å². The smallest absolute Gasteiger partial charge is 0.332 e. The van der Waals surface area contributed by atoms with Gasteiger partial charge in [0, 0.05) is 18.2 Å². The summed E-state index contributed by atoms with van der Waals surface area (Å²) in [7, 11) is 0. The van der Waals surface area contributed by atoms with E-state index in [9.17, 15) is 18.7 Å². The van der Waals surface area contributed by atoms with E-state index in [1.807, 2.05) is 18.2 Å². The lowest BCUT2D eigenvalue weighted by Gasteiger charge is -2.15. The first kappa shape index (κ1) is 20.7. The molecule has 5 aromatic rings. The van der Waals surface area contributed by atoms with Crippen LogP contribution in [-0.4, -0.2) is 31.2 Å². The van der Waals surface area contributed by atoms with Crippen molar-refractivity contribution in [3.05, 3.63) is 101 Å². The van der Waals surface area contributed by atoms with Crippen LogP contribution in [0.4, 0.5) is 14.6 Å². The lowest BCUT2D eigenvalue weighted by Crippen LogP contribution is -2.15. The highest BCUT2D eigenvalue weighted by Crippen LogP contribution is 2.30. The van der Waals surface area contributed by atoms with Gasteiger partial charge in [0.2, 0.25) is 0 Å². The molecule has 0 fully saturated rings. The molecule has 0 aliphatic rings. The van der Waals surface area contributed by atoms with Crippen LogP contribution in [0.2, 0.25) is 0 Å². The van der Waals surface area contributed by atoms with E-state index in [0.29, 0.717) is 22.3 Å². The molecule has 0 bridgehead atoms. The number of fused-ring (bicyclic) bond motifs is 1. The van der Waals surface area contributed by atoms with Crippen LogP contribution in [0.1, 0.15) is 11.7 Å². The maximum Gasteiger partial charge on any atom is 0.332 e. The predicted octanol–water partition coefficient (Wildman–Crippen LogP) is 4.13. The van der Waals surface area contributed by atoms with Gasteiger partial charge in [-0.05, 0) is 35.9 Å². The zero-order valence-corrected chi connectivity index (χ0v) is 17.2. The van der Waals surface area contributed by atoms with Gasteiger partial charge in [-0.15, -0.1) is 0 Å². The summed E-state index contributed by atoms with van der Waals surface area (Å²) < 4.78 is 29.5. The fraction of sp³-hybridized carbons (Fsp3) is 0.0833. The summed E-state index contributed by atoms with van der Waals surface area (Å²) >= 11 is 0. The van der Waals surface area contributed by atoms with Crippen LogP contribution >= 0.6 is 0 Å². The van der Waals surface area contributed by atoms with Crippen LogP contribution in [0.25, 0.3) is 28.0 Å². The van der Waals surface area contributed by atoms with Gasteiger partial charge in [0.05, 0.1) is 34.8 Å². The monoisotopic (exact) mass is 447 g/mol. The summed E-state index contributed by atoms with van der Waals surface area (Å²) in [5.74, 6) is -1.32. The van der Waals surface area contributed by atoms with Gasteiger partial charge in [0.15, 0.2) is 0 Å². The van der Waals surface area contributed by atoms with Crippen LogP contribution in [0.15, 0.2) is 77.9 Å². The Morgan fingerprint density at radius 1 is 1.03 bits per heavy atom. The number of aliphatic hydroxyl groups excluding tert-OH is 1. The number of H-pyrrole nitrogens is 2. The van der Waals surface area contributed by atoms with Crippen molar-refractivity contribution in [3.8, 4) is 16.9 Å². The van der Waals surface area contributed by atoms with Crippen molar-refractivity contribution in [2.24, 2.45) is 0 Å². The minimum absolute atomic E-state index is 0.0638. The molecule has 0 saturated heterocycles. The van der Waals surface area contributed by atoms with E-state index in [4.69, 9.17) is 0 Å². The molecule has 1 atom stereocenters. The Morgan fingerprint density at radius 2 is 1.79 bits per heavy atom. The van der Waals surface area contributed by atoms with Crippen molar-refractivity contribution >= 4 is 16.9 Å². The Bertz CT molecular complexity index is 1470. The Labute approximate surface area is 186 Å². The highest BCUT2D eigenvalue weighted by Gasteiger charge is 2.20. The topological polar surface area (TPSA) is 98.7 Å². The van der Waals surface area contributed by atoms with Gasteiger partial charge in [-0.3, -0.25) is 9.55 Å². The van der Waals surface area contributed by atoms with Crippen molar-refractivity contribution in [2.45, 2.75) is 6.10 Å². The molecule has 9 heteroatoms. The number of aliphatic hydroxyl groups is 1. The van der Waals surface area contributed by atoms with Crippen molar-refractivity contribution in [1.82, 2.24) is 19.5 Å². The fourth-order valence-electron chi connectivity index (χ4n) is 3.83. The fourth-order valence-corrected chi connectivity index (χ4v) is 3.83. The second-order valence-electron chi connectivity index (χ2n) is 7.56. The minimum atomic E-state index is -0.864. The number of aromatic nitrogens is 4. The molecular formula is C24H19F2N5O2. The van der Waals surface area contributed by atoms with E-state index in [1.54, 1.807) is 30.3 Å². The average molecular weight is 447 g/mol. The number of rotatable bonds is 6. The molecule has 7 nitrogen and oxygen atoms in total. The minimum Gasteiger partial charge on any atom is -0.387 e. The molecule has 3 aromatic carbocycles. The first-order valence-corrected chi connectivity index (χ1v) is 10.2. The standard InChI is InChI=1S/C24H19F2N5O2/c25-16-8-15(9-17(26)10-16)22-23(27-12-21(32)14-4-2-1-3-5-14)30-24(33)31(22)18-6-7-19-20(11-18)29-13-28-19/h1-11,13,21,27,32H,12H2,(H,28,29)(H,30,33). The zero-order chi connectivity index (χ0) is 22.9. The third kappa shape index (κ3) is 4.01. The van der Waals surface area contributed by atoms with Crippen LogP contribution in [0, 0.1) is 11.6 Å². The van der Waals surface area contributed by atoms with Crippen LogP contribution < -0.4 is 11.0 Å². The zero-order valence-electron chi connectivity index (χ0n) is 17.2. The van der Waals surface area contributed by atoms with E-state index < -0.39 is 23.4 Å².